The maximum atomic E-state index is 2.47. The molecule has 0 heterocycles. The first kappa shape index (κ1) is 13.4. The van der Waals surface area contributed by atoms with Gasteiger partial charge < -0.3 is 0 Å². The standard InChI is InChI=1S/C13H25N/c1-6-9-13(10-7-2)11-14(8-3)12(4)5/h6,9-10,12H,7-8,11H2,1-5H3/b9-6-,13-10+. The predicted molar refractivity (Wildman–Crippen MR) is 65.6 cm³/mol. The quantitative estimate of drug-likeness (QED) is 0.585. The molecule has 0 unspecified atom stereocenters. The third-order valence-corrected chi connectivity index (χ3v) is 2.37. The summed E-state index contributed by atoms with van der Waals surface area (Å²) in [4.78, 5) is 2.47. The van der Waals surface area contributed by atoms with Crippen LogP contribution in [0.4, 0.5) is 0 Å². The van der Waals surface area contributed by atoms with Crippen molar-refractivity contribution in [1.82, 2.24) is 4.90 Å². The van der Waals surface area contributed by atoms with Crippen LogP contribution in [-0.4, -0.2) is 24.0 Å². The Kier molecular flexibility index (Phi) is 7.50. The van der Waals surface area contributed by atoms with Crippen LogP contribution in [0.3, 0.4) is 0 Å². The van der Waals surface area contributed by atoms with Gasteiger partial charge >= 0.3 is 0 Å². The molecular formula is C13H25N. The highest BCUT2D eigenvalue weighted by atomic mass is 15.1. The topological polar surface area (TPSA) is 3.24 Å². The van der Waals surface area contributed by atoms with E-state index in [9.17, 15) is 0 Å². The summed E-state index contributed by atoms with van der Waals surface area (Å²) in [5.74, 6) is 0. The molecule has 14 heavy (non-hydrogen) atoms. The van der Waals surface area contributed by atoms with Crippen LogP contribution in [0.15, 0.2) is 23.8 Å². The molecule has 0 atom stereocenters. The Bertz CT molecular complexity index is 189. The molecule has 0 saturated heterocycles. The lowest BCUT2D eigenvalue weighted by molar-refractivity contribution is 0.255. The Labute approximate surface area is 89.5 Å². The molecular weight excluding hydrogens is 170 g/mol. The van der Waals surface area contributed by atoms with Crippen LogP contribution in [0.2, 0.25) is 0 Å². The normalized spacial score (nSPS) is 13.5. The van der Waals surface area contributed by atoms with Gasteiger partial charge in [-0.05, 0) is 39.3 Å². The molecule has 82 valence electrons. The van der Waals surface area contributed by atoms with E-state index in [0.29, 0.717) is 6.04 Å². The molecule has 0 aliphatic heterocycles. The fourth-order valence-electron chi connectivity index (χ4n) is 1.56. The van der Waals surface area contributed by atoms with Gasteiger partial charge in [-0.3, -0.25) is 4.90 Å². The lowest BCUT2D eigenvalue weighted by atomic mass is 10.1. The van der Waals surface area contributed by atoms with Gasteiger partial charge in [-0.15, -0.1) is 0 Å². The van der Waals surface area contributed by atoms with Gasteiger partial charge in [-0.25, -0.2) is 0 Å². The molecule has 0 aromatic heterocycles. The monoisotopic (exact) mass is 195 g/mol. The second kappa shape index (κ2) is 7.81. The smallest absolute Gasteiger partial charge is 0.0233 e. The Hall–Kier alpha value is -0.560. The van der Waals surface area contributed by atoms with Crippen molar-refractivity contribution in [3.63, 3.8) is 0 Å². The van der Waals surface area contributed by atoms with E-state index in [0.717, 1.165) is 19.5 Å². The highest BCUT2D eigenvalue weighted by molar-refractivity contribution is 5.19. The average molecular weight is 195 g/mol. The summed E-state index contributed by atoms with van der Waals surface area (Å²) in [5.41, 5.74) is 1.44. The van der Waals surface area contributed by atoms with Crippen LogP contribution < -0.4 is 0 Å². The van der Waals surface area contributed by atoms with Gasteiger partial charge in [-0.1, -0.05) is 32.1 Å². The van der Waals surface area contributed by atoms with Gasteiger partial charge in [0.2, 0.25) is 0 Å². The van der Waals surface area contributed by atoms with Crippen LogP contribution in [0.25, 0.3) is 0 Å². The molecule has 0 bridgehead atoms. The average Bonchev–Trinajstić information content (AvgIpc) is 2.14. The molecule has 0 fully saturated rings. The highest BCUT2D eigenvalue weighted by Crippen LogP contribution is 2.06. The lowest BCUT2D eigenvalue weighted by Crippen LogP contribution is -2.32. The number of hydrogen-bond donors (Lipinski definition) is 0. The van der Waals surface area contributed by atoms with E-state index in [2.05, 4.69) is 57.7 Å². The Morgan fingerprint density at radius 1 is 1.29 bits per heavy atom. The largest absolute Gasteiger partial charge is 0.297 e. The van der Waals surface area contributed by atoms with Crippen LogP contribution in [0.1, 0.15) is 41.0 Å². The van der Waals surface area contributed by atoms with E-state index in [1.165, 1.54) is 5.57 Å². The molecule has 1 nitrogen and oxygen atoms in total. The molecule has 0 N–H and O–H groups in total. The summed E-state index contributed by atoms with van der Waals surface area (Å²) >= 11 is 0. The van der Waals surface area contributed by atoms with Crippen LogP contribution in [-0.2, 0) is 0 Å². The Morgan fingerprint density at radius 3 is 2.29 bits per heavy atom. The zero-order valence-corrected chi connectivity index (χ0v) is 10.4. The van der Waals surface area contributed by atoms with Crippen molar-refractivity contribution in [2.75, 3.05) is 13.1 Å². The van der Waals surface area contributed by atoms with Gasteiger partial charge in [0.05, 0.1) is 0 Å². The van der Waals surface area contributed by atoms with Crippen molar-refractivity contribution in [1.29, 1.82) is 0 Å². The van der Waals surface area contributed by atoms with Crippen molar-refractivity contribution in [2.24, 2.45) is 0 Å². The van der Waals surface area contributed by atoms with Gasteiger partial charge in [0, 0.05) is 12.6 Å². The number of rotatable bonds is 6. The SMILES string of the molecule is C/C=C\C(=C/CC)CN(CC)C(C)C. The lowest BCUT2D eigenvalue weighted by Gasteiger charge is -2.25. The minimum absolute atomic E-state index is 0.630. The Balaban J connectivity index is 4.33. The van der Waals surface area contributed by atoms with Crippen molar-refractivity contribution in [3.05, 3.63) is 23.8 Å². The van der Waals surface area contributed by atoms with E-state index in [1.807, 2.05) is 0 Å². The van der Waals surface area contributed by atoms with E-state index in [1.54, 1.807) is 0 Å². The first-order chi connectivity index (χ1) is 6.65. The molecule has 0 aliphatic rings. The third kappa shape index (κ3) is 5.23. The molecule has 0 aliphatic carbocycles. The number of hydrogen-bond acceptors (Lipinski definition) is 1. The summed E-state index contributed by atoms with van der Waals surface area (Å²) in [6.45, 7) is 13.2. The number of allylic oxidation sites excluding steroid dienone is 2. The van der Waals surface area contributed by atoms with Crippen molar-refractivity contribution in [2.45, 2.75) is 47.1 Å². The minimum atomic E-state index is 0.630. The molecule has 0 spiro atoms. The van der Waals surface area contributed by atoms with Crippen LogP contribution in [0.5, 0.6) is 0 Å². The first-order valence-electron chi connectivity index (χ1n) is 5.71. The zero-order valence-electron chi connectivity index (χ0n) is 10.4. The third-order valence-electron chi connectivity index (χ3n) is 2.37. The van der Waals surface area contributed by atoms with Crippen molar-refractivity contribution in [3.8, 4) is 0 Å². The summed E-state index contributed by atoms with van der Waals surface area (Å²) < 4.78 is 0. The Morgan fingerprint density at radius 2 is 1.93 bits per heavy atom. The van der Waals surface area contributed by atoms with E-state index >= 15 is 0 Å². The fourth-order valence-corrected chi connectivity index (χ4v) is 1.56. The first-order valence-corrected chi connectivity index (χ1v) is 5.71. The molecule has 0 radical (unpaired) electrons. The molecule has 0 aromatic rings. The molecule has 0 aromatic carbocycles. The van der Waals surface area contributed by atoms with E-state index < -0.39 is 0 Å². The highest BCUT2D eigenvalue weighted by Gasteiger charge is 2.07. The van der Waals surface area contributed by atoms with Crippen LogP contribution >= 0.6 is 0 Å². The van der Waals surface area contributed by atoms with E-state index in [4.69, 9.17) is 0 Å². The second-order valence-corrected chi connectivity index (χ2v) is 3.84. The predicted octanol–water partition coefficient (Wildman–Crippen LogP) is 3.63. The summed E-state index contributed by atoms with van der Waals surface area (Å²) in [6.07, 6.45) is 7.77. The van der Waals surface area contributed by atoms with Crippen LogP contribution in [0, 0.1) is 0 Å². The fraction of sp³-hybridized carbons (Fsp3) is 0.692. The van der Waals surface area contributed by atoms with Gasteiger partial charge in [0.15, 0.2) is 0 Å². The van der Waals surface area contributed by atoms with E-state index in [-0.39, 0.29) is 0 Å². The number of likely N-dealkylation sites (N-methyl/N-ethyl adjacent to an activating group) is 1. The van der Waals surface area contributed by atoms with Gasteiger partial charge in [0.1, 0.15) is 0 Å². The van der Waals surface area contributed by atoms with Gasteiger partial charge in [0.25, 0.3) is 0 Å². The summed E-state index contributed by atoms with van der Waals surface area (Å²) in [6, 6.07) is 0.630. The molecule has 0 rings (SSSR count). The molecule has 1 heteroatoms. The maximum absolute atomic E-state index is 2.47. The maximum Gasteiger partial charge on any atom is 0.0233 e. The second-order valence-electron chi connectivity index (χ2n) is 3.84. The molecule has 0 amide bonds. The summed E-state index contributed by atoms with van der Waals surface area (Å²) in [5, 5.41) is 0. The van der Waals surface area contributed by atoms with Crippen molar-refractivity contribution < 1.29 is 0 Å². The number of nitrogens with zero attached hydrogens (tertiary/aromatic N) is 1. The molecule has 0 saturated carbocycles. The zero-order chi connectivity index (χ0) is 11.0. The van der Waals surface area contributed by atoms with Crippen molar-refractivity contribution >= 4 is 0 Å². The summed E-state index contributed by atoms with van der Waals surface area (Å²) in [7, 11) is 0. The minimum Gasteiger partial charge on any atom is -0.297 e. The van der Waals surface area contributed by atoms with Gasteiger partial charge in [-0.2, -0.15) is 0 Å².